The highest BCUT2D eigenvalue weighted by Crippen LogP contribution is 2.27. The molecule has 0 radical (unpaired) electrons. The number of hydrogen-bond acceptors (Lipinski definition) is 7. The van der Waals surface area contributed by atoms with E-state index in [2.05, 4.69) is 10.1 Å². The van der Waals surface area contributed by atoms with E-state index in [4.69, 9.17) is 13.7 Å². The number of halogens is 1. The third-order valence-electron chi connectivity index (χ3n) is 3.10. The van der Waals surface area contributed by atoms with Gasteiger partial charge in [0.25, 0.3) is 5.89 Å². The highest BCUT2D eigenvalue weighted by molar-refractivity contribution is 5.45. The molecular weight excluding hydrogens is 307 g/mol. The van der Waals surface area contributed by atoms with Gasteiger partial charge in [-0.2, -0.15) is 4.98 Å². The molecule has 0 spiro atoms. The molecule has 0 unspecified atom stereocenters. The number of aliphatic hydroxyl groups is 2. The van der Waals surface area contributed by atoms with Crippen molar-refractivity contribution in [1.29, 1.82) is 0 Å². The van der Waals surface area contributed by atoms with E-state index in [1.807, 2.05) is 0 Å². The SMILES string of the molecule is OCc1cc(F)cc(CO)c1OCc1nc(-c2ccco2)no1. The molecule has 0 saturated carbocycles. The molecule has 2 aromatic heterocycles. The van der Waals surface area contributed by atoms with Gasteiger partial charge < -0.3 is 23.9 Å². The van der Waals surface area contributed by atoms with Crippen molar-refractivity contribution in [3.05, 3.63) is 53.4 Å². The Balaban J connectivity index is 1.78. The Labute approximate surface area is 129 Å². The monoisotopic (exact) mass is 320 g/mol. The van der Waals surface area contributed by atoms with Crippen LogP contribution in [0.3, 0.4) is 0 Å². The molecule has 3 rings (SSSR count). The van der Waals surface area contributed by atoms with Gasteiger partial charge in [0.15, 0.2) is 12.4 Å². The molecule has 3 aromatic rings. The van der Waals surface area contributed by atoms with E-state index < -0.39 is 19.0 Å². The van der Waals surface area contributed by atoms with Gasteiger partial charge in [0.1, 0.15) is 11.6 Å². The molecule has 0 aliphatic rings. The van der Waals surface area contributed by atoms with Gasteiger partial charge in [0.2, 0.25) is 5.82 Å². The van der Waals surface area contributed by atoms with Crippen LogP contribution in [0.4, 0.5) is 4.39 Å². The number of hydrogen-bond donors (Lipinski definition) is 2. The van der Waals surface area contributed by atoms with Gasteiger partial charge in [-0.3, -0.25) is 0 Å². The molecule has 2 heterocycles. The third-order valence-corrected chi connectivity index (χ3v) is 3.10. The summed E-state index contributed by atoms with van der Waals surface area (Å²) in [5.41, 5.74) is 0.444. The number of aliphatic hydroxyl groups excluding tert-OH is 2. The lowest BCUT2D eigenvalue weighted by atomic mass is 10.1. The first-order chi connectivity index (χ1) is 11.2. The largest absolute Gasteiger partial charge is 0.483 e. The molecule has 8 heteroatoms. The third kappa shape index (κ3) is 3.22. The zero-order valence-electron chi connectivity index (χ0n) is 11.9. The van der Waals surface area contributed by atoms with Gasteiger partial charge in [-0.25, -0.2) is 4.39 Å². The quantitative estimate of drug-likeness (QED) is 0.716. The smallest absolute Gasteiger partial charge is 0.264 e. The van der Waals surface area contributed by atoms with Gasteiger partial charge in [-0.15, -0.1) is 0 Å². The van der Waals surface area contributed by atoms with Crippen LogP contribution in [0.5, 0.6) is 5.75 Å². The van der Waals surface area contributed by atoms with Gasteiger partial charge >= 0.3 is 0 Å². The standard InChI is InChI=1S/C15H13FN2O5/c16-11-4-9(6-19)14(10(5-11)7-20)22-8-13-17-15(18-23-13)12-2-1-3-21-12/h1-5,19-20H,6-8H2. The van der Waals surface area contributed by atoms with Gasteiger partial charge in [-0.05, 0) is 24.3 Å². The summed E-state index contributed by atoms with van der Waals surface area (Å²) in [6.07, 6.45) is 1.49. The average Bonchev–Trinajstić information content (AvgIpc) is 3.23. The minimum absolute atomic E-state index is 0.0979. The lowest BCUT2D eigenvalue weighted by Gasteiger charge is -2.12. The first-order valence-corrected chi connectivity index (χ1v) is 6.73. The average molecular weight is 320 g/mol. The van der Waals surface area contributed by atoms with Gasteiger partial charge in [0, 0.05) is 11.1 Å². The lowest BCUT2D eigenvalue weighted by molar-refractivity contribution is 0.217. The number of aromatic nitrogens is 2. The van der Waals surface area contributed by atoms with Crippen molar-refractivity contribution in [1.82, 2.24) is 10.1 Å². The van der Waals surface area contributed by atoms with E-state index in [9.17, 15) is 14.6 Å². The lowest BCUT2D eigenvalue weighted by Crippen LogP contribution is -2.04. The molecule has 120 valence electrons. The van der Waals surface area contributed by atoms with Crippen molar-refractivity contribution in [3.63, 3.8) is 0 Å². The Morgan fingerprint density at radius 3 is 2.52 bits per heavy atom. The molecule has 0 fully saturated rings. The van der Waals surface area contributed by atoms with Crippen LogP contribution in [-0.2, 0) is 19.8 Å². The number of rotatable bonds is 6. The molecule has 0 aliphatic heterocycles. The van der Waals surface area contributed by atoms with E-state index in [0.29, 0.717) is 5.76 Å². The fraction of sp³-hybridized carbons (Fsp3) is 0.200. The topological polar surface area (TPSA) is 102 Å². The van der Waals surface area contributed by atoms with E-state index >= 15 is 0 Å². The Hall–Kier alpha value is -2.71. The maximum Gasteiger partial charge on any atom is 0.264 e. The Morgan fingerprint density at radius 2 is 1.91 bits per heavy atom. The molecule has 0 aliphatic carbocycles. The van der Waals surface area contributed by atoms with Crippen molar-refractivity contribution in [2.75, 3.05) is 0 Å². The number of furan rings is 1. The van der Waals surface area contributed by atoms with Crippen LogP contribution in [0.2, 0.25) is 0 Å². The first-order valence-electron chi connectivity index (χ1n) is 6.73. The number of benzene rings is 1. The van der Waals surface area contributed by atoms with Crippen molar-refractivity contribution in [2.24, 2.45) is 0 Å². The minimum Gasteiger partial charge on any atom is -0.483 e. The molecule has 7 nitrogen and oxygen atoms in total. The van der Waals surface area contributed by atoms with Crippen LogP contribution in [-0.4, -0.2) is 20.4 Å². The number of ether oxygens (including phenoxy) is 1. The van der Waals surface area contributed by atoms with Gasteiger partial charge in [0.05, 0.1) is 19.5 Å². The summed E-state index contributed by atoms with van der Waals surface area (Å²) in [7, 11) is 0. The Morgan fingerprint density at radius 1 is 1.17 bits per heavy atom. The molecule has 2 N–H and O–H groups in total. The van der Waals surface area contributed by atoms with Crippen LogP contribution in [0.25, 0.3) is 11.6 Å². The fourth-order valence-electron chi connectivity index (χ4n) is 2.09. The second kappa shape index (κ2) is 6.59. The summed E-state index contributed by atoms with van der Waals surface area (Å²) in [4.78, 5) is 4.10. The Bertz CT molecular complexity index is 760. The highest BCUT2D eigenvalue weighted by Gasteiger charge is 2.15. The Kier molecular flexibility index (Phi) is 4.35. The summed E-state index contributed by atoms with van der Waals surface area (Å²) in [6, 6.07) is 5.65. The predicted octanol–water partition coefficient (Wildman–Crippen LogP) is 2.03. The van der Waals surface area contributed by atoms with E-state index in [1.54, 1.807) is 12.1 Å². The summed E-state index contributed by atoms with van der Waals surface area (Å²) >= 11 is 0. The van der Waals surface area contributed by atoms with Crippen molar-refractivity contribution >= 4 is 0 Å². The van der Waals surface area contributed by atoms with Crippen LogP contribution in [0.1, 0.15) is 17.0 Å². The van der Waals surface area contributed by atoms with Crippen LogP contribution < -0.4 is 4.74 Å². The van der Waals surface area contributed by atoms with E-state index in [0.717, 1.165) is 12.1 Å². The van der Waals surface area contributed by atoms with E-state index in [1.165, 1.54) is 6.26 Å². The van der Waals surface area contributed by atoms with Crippen molar-refractivity contribution in [3.8, 4) is 17.3 Å². The molecule has 1 aromatic carbocycles. The van der Waals surface area contributed by atoms with Crippen LogP contribution in [0.15, 0.2) is 39.5 Å². The summed E-state index contributed by atoms with van der Waals surface area (Å²) < 4.78 is 29.1. The second-order valence-electron chi connectivity index (χ2n) is 4.65. The second-order valence-corrected chi connectivity index (χ2v) is 4.65. The molecular formula is C15H13FN2O5. The van der Waals surface area contributed by atoms with Crippen LogP contribution in [0, 0.1) is 5.82 Å². The highest BCUT2D eigenvalue weighted by atomic mass is 19.1. The predicted molar refractivity (Wildman–Crippen MR) is 74.6 cm³/mol. The zero-order chi connectivity index (χ0) is 16.2. The number of nitrogens with zero attached hydrogens (tertiary/aromatic N) is 2. The van der Waals surface area contributed by atoms with Crippen LogP contribution >= 0.6 is 0 Å². The maximum atomic E-state index is 13.4. The first kappa shape index (κ1) is 15.2. The summed E-state index contributed by atoms with van der Waals surface area (Å²) in [5.74, 6) is 0.525. The molecule has 23 heavy (non-hydrogen) atoms. The molecule has 0 saturated heterocycles. The van der Waals surface area contributed by atoms with E-state index in [-0.39, 0.29) is 35.2 Å². The molecule has 0 bridgehead atoms. The van der Waals surface area contributed by atoms with Gasteiger partial charge in [-0.1, -0.05) is 5.16 Å². The molecule has 0 atom stereocenters. The summed E-state index contributed by atoms with van der Waals surface area (Å²) in [6.45, 7) is -0.956. The molecule has 0 amide bonds. The maximum absolute atomic E-state index is 13.4. The minimum atomic E-state index is -0.566. The fourth-order valence-corrected chi connectivity index (χ4v) is 2.09. The zero-order valence-corrected chi connectivity index (χ0v) is 11.9. The van der Waals surface area contributed by atoms with Crippen molar-refractivity contribution < 1.29 is 28.3 Å². The summed E-state index contributed by atoms with van der Waals surface area (Å²) in [5, 5.41) is 22.3. The van der Waals surface area contributed by atoms with Crippen molar-refractivity contribution in [2.45, 2.75) is 19.8 Å². The normalized spacial score (nSPS) is 10.9.